The van der Waals surface area contributed by atoms with Crippen LogP contribution in [0.15, 0.2) is 12.4 Å². The van der Waals surface area contributed by atoms with Crippen LogP contribution in [-0.2, 0) is 5.54 Å². The lowest BCUT2D eigenvalue weighted by Crippen LogP contribution is -2.20. The summed E-state index contributed by atoms with van der Waals surface area (Å²) in [6.07, 6.45) is 5.30. The molecule has 0 aliphatic heterocycles. The number of methoxy groups -OCH3 is 1. The summed E-state index contributed by atoms with van der Waals surface area (Å²) in [5.74, 6) is 0.531. The van der Waals surface area contributed by atoms with Crippen LogP contribution in [0.3, 0.4) is 0 Å². The van der Waals surface area contributed by atoms with E-state index in [9.17, 15) is 0 Å². The Morgan fingerprint density at radius 3 is 2.58 bits per heavy atom. The number of nitrogens with two attached hydrogens (primary N) is 1. The monoisotopic (exact) mass is 165 g/mol. The van der Waals surface area contributed by atoms with E-state index in [1.165, 1.54) is 0 Å². The van der Waals surface area contributed by atoms with Gasteiger partial charge in [0.15, 0.2) is 0 Å². The maximum absolute atomic E-state index is 5.92. The van der Waals surface area contributed by atoms with E-state index in [1.807, 2.05) is 0 Å². The molecule has 0 saturated heterocycles. The number of nitrogens with zero attached hydrogens (tertiary/aromatic N) is 2. The van der Waals surface area contributed by atoms with Crippen LogP contribution in [0, 0.1) is 0 Å². The van der Waals surface area contributed by atoms with Gasteiger partial charge >= 0.3 is 0 Å². The fraction of sp³-hybridized carbons (Fsp3) is 0.500. The third-order valence-electron chi connectivity index (χ3n) is 2.14. The molecule has 2 N–H and O–H groups in total. The summed E-state index contributed by atoms with van der Waals surface area (Å²) < 4.78 is 4.89. The van der Waals surface area contributed by atoms with Crippen molar-refractivity contribution in [1.82, 2.24) is 9.97 Å². The highest BCUT2D eigenvalue weighted by Gasteiger charge is 2.41. The minimum absolute atomic E-state index is 0.195. The maximum Gasteiger partial charge on any atom is 0.231 e. The summed E-state index contributed by atoms with van der Waals surface area (Å²) in [5, 5.41) is 0. The Bertz CT molecular complexity index is 279. The molecule has 4 nitrogen and oxygen atoms in total. The number of hydrogen-bond donors (Lipinski definition) is 1. The van der Waals surface area contributed by atoms with E-state index in [1.54, 1.807) is 19.5 Å². The fourth-order valence-electron chi connectivity index (χ4n) is 1.07. The third-order valence-corrected chi connectivity index (χ3v) is 2.14. The predicted octanol–water partition coefficient (Wildman–Crippen LogP) is 0.433. The molecule has 0 atom stereocenters. The molecule has 1 aromatic rings. The summed E-state index contributed by atoms with van der Waals surface area (Å²) in [4.78, 5) is 8.21. The molecule has 0 aromatic carbocycles. The SMILES string of the molecule is COc1cnc(C2(N)CC2)cn1. The van der Waals surface area contributed by atoms with Gasteiger partial charge in [0, 0.05) is 0 Å². The number of aromatic nitrogens is 2. The van der Waals surface area contributed by atoms with Gasteiger partial charge in [0.05, 0.1) is 30.7 Å². The molecular formula is C8H11N3O. The van der Waals surface area contributed by atoms with Crippen molar-refractivity contribution in [3.8, 4) is 5.88 Å². The molecule has 1 saturated carbocycles. The number of hydrogen-bond acceptors (Lipinski definition) is 4. The van der Waals surface area contributed by atoms with Gasteiger partial charge in [-0.3, -0.25) is 4.98 Å². The first kappa shape index (κ1) is 7.49. The topological polar surface area (TPSA) is 61.0 Å². The van der Waals surface area contributed by atoms with Crippen molar-refractivity contribution in [2.24, 2.45) is 5.73 Å². The summed E-state index contributed by atoms with van der Waals surface area (Å²) in [5.41, 5.74) is 6.59. The molecule has 2 rings (SSSR count). The zero-order valence-corrected chi connectivity index (χ0v) is 6.95. The molecule has 0 spiro atoms. The molecule has 4 heteroatoms. The van der Waals surface area contributed by atoms with E-state index in [2.05, 4.69) is 9.97 Å². The molecule has 0 amide bonds. The second-order valence-electron chi connectivity index (χ2n) is 3.10. The molecule has 1 heterocycles. The van der Waals surface area contributed by atoms with Crippen molar-refractivity contribution in [2.45, 2.75) is 18.4 Å². The lowest BCUT2D eigenvalue weighted by molar-refractivity contribution is 0.394. The van der Waals surface area contributed by atoms with Gasteiger partial charge in [-0.25, -0.2) is 4.98 Å². The molecule has 12 heavy (non-hydrogen) atoms. The fourth-order valence-corrected chi connectivity index (χ4v) is 1.07. The van der Waals surface area contributed by atoms with Crippen molar-refractivity contribution in [3.05, 3.63) is 18.1 Å². The van der Waals surface area contributed by atoms with Crippen LogP contribution < -0.4 is 10.5 Å². The lowest BCUT2D eigenvalue weighted by Gasteiger charge is -2.06. The molecular weight excluding hydrogens is 154 g/mol. The van der Waals surface area contributed by atoms with Crippen molar-refractivity contribution < 1.29 is 4.74 Å². The molecule has 1 aliphatic carbocycles. The van der Waals surface area contributed by atoms with Gasteiger partial charge in [0.2, 0.25) is 5.88 Å². The summed E-state index contributed by atoms with van der Waals surface area (Å²) >= 11 is 0. The standard InChI is InChI=1S/C8H11N3O/c1-12-7-5-10-6(4-11-7)8(9)2-3-8/h4-5H,2-3,9H2,1H3. The number of ether oxygens (including phenoxy) is 1. The largest absolute Gasteiger partial charge is 0.480 e. The first-order valence-electron chi connectivity index (χ1n) is 3.90. The molecule has 1 aromatic heterocycles. The Morgan fingerprint density at radius 2 is 2.17 bits per heavy atom. The van der Waals surface area contributed by atoms with Crippen molar-refractivity contribution in [1.29, 1.82) is 0 Å². The van der Waals surface area contributed by atoms with Gasteiger partial charge in [-0.05, 0) is 12.8 Å². The van der Waals surface area contributed by atoms with Crippen molar-refractivity contribution in [3.63, 3.8) is 0 Å². The highest BCUT2D eigenvalue weighted by atomic mass is 16.5. The summed E-state index contributed by atoms with van der Waals surface area (Å²) in [7, 11) is 1.57. The molecule has 0 radical (unpaired) electrons. The zero-order chi connectivity index (χ0) is 8.60. The second kappa shape index (κ2) is 2.42. The van der Waals surface area contributed by atoms with Gasteiger partial charge in [-0.2, -0.15) is 0 Å². The third kappa shape index (κ3) is 1.14. The van der Waals surface area contributed by atoms with Crippen LogP contribution in [0.4, 0.5) is 0 Å². The van der Waals surface area contributed by atoms with E-state index < -0.39 is 0 Å². The minimum atomic E-state index is -0.195. The van der Waals surface area contributed by atoms with Crippen LogP contribution in [0.25, 0.3) is 0 Å². The van der Waals surface area contributed by atoms with Gasteiger partial charge in [-0.1, -0.05) is 0 Å². The van der Waals surface area contributed by atoms with Gasteiger partial charge < -0.3 is 10.5 Å². The van der Waals surface area contributed by atoms with Crippen LogP contribution >= 0.6 is 0 Å². The van der Waals surface area contributed by atoms with E-state index in [0.29, 0.717) is 5.88 Å². The second-order valence-corrected chi connectivity index (χ2v) is 3.10. The minimum Gasteiger partial charge on any atom is -0.480 e. The highest BCUT2D eigenvalue weighted by Crippen LogP contribution is 2.41. The number of rotatable bonds is 2. The van der Waals surface area contributed by atoms with Crippen LogP contribution in [0.2, 0.25) is 0 Å². The normalized spacial score (nSPS) is 18.8. The van der Waals surface area contributed by atoms with Gasteiger partial charge in [0.1, 0.15) is 0 Å². The highest BCUT2D eigenvalue weighted by molar-refractivity contribution is 5.21. The van der Waals surface area contributed by atoms with E-state index in [-0.39, 0.29) is 5.54 Å². The van der Waals surface area contributed by atoms with Crippen LogP contribution in [-0.4, -0.2) is 17.1 Å². The Labute approximate surface area is 70.8 Å². The Morgan fingerprint density at radius 1 is 1.42 bits per heavy atom. The molecule has 1 fully saturated rings. The van der Waals surface area contributed by atoms with Crippen molar-refractivity contribution >= 4 is 0 Å². The lowest BCUT2D eigenvalue weighted by atomic mass is 10.2. The molecule has 0 unspecified atom stereocenters. The summed E-state index contributed by atoms with van der Waals surface area (Å²) in [6, 6.07) is 0. The predicted molar refractivity (Wildman–Crippen MR) is 43.7 cm³/mol. The smallest absolute Gasteiger partial charge is 0.231 e. The quantitative estimate of drug-likeness (QED) is 0.690. The average molecular weight is 165 g/mol. The molecule has 0 bridgehead atoms. The summed E-state index contributed by atoms with van der Waals surface area (Å²) in [6.45, 7) is 0. The first-order chi connectivity index (χ1) is 5.74. The van der Waals surface area contributed by atoms with E-state index >= 15 is 0 Å². The van der Waals surface area contributed by atoms with Crippen LogP contribution in [0.1, 0.15) is 18.5 Å². The Kier molecular flexibility index (Phi) is 1.51. The Hall–Kier alpha value is -1.16. The average Bonchev–Trinajstić information content (AvgIpc) is 2.85. The molecule has 1 aliphatic rings. The Balaban J connectivity index is 2.25. The van der Waals surface area contributed by atoms with Gasteiger partial charge in [0.25, 0.3) is 0 Å². The first-order valence-corrected chi connectivity index (χ1v) is 3.90. The van der Waals surface area contributed by atoms with E-state index in [0.717, 1.165) is 18.5 Å². The maximum atomic E-state index is 5.92. The van der Waals surface area contributed by atoms with Crippen molar-refractivity contribution in [2.75, 3.05) is 7.11 Å². The van der Waals surface area contributed by atoms with E-state index in [4.69, 9.17) is 10.5 Å². The zero-order valence-electron chi connectivity index (χ0n) is 6.95. The molecule has 64 valence electrons. The van der Waals surface area contributed by atoms with Gasteiger partial charge in [-0.15, -0.1) is 0 Å². The van der Waals surface area contributed by atoms with Crippen LogP contribution in [0.5, 0.6) is 5.88 Å².